The van der Waals surface area contributed by atoms with Crippen molar-refractivity contribution in [3.05, 3.63) is 51.9 Å². The van der Waals surface area contributed by atoms with Crippen molar-refractivity contribution in [2.24, 2.45) is 0 Å². The van der Waals surface area contributed by atoms with E-state index in [1.54, 1.807) is 13.8 Å². The van der Waals surface area contributed by atoms with Crippen molar-refractivity contribution in [2.45, 2.75) is 19.4 Å². The topological polar surface area (TPSA) is 59.1 Å². The summed E-state index contributed by atoms with van der Waals surface area (Å²) in [7, 11) is -3.46. The molecule has 0 aliphatic carbocycles. The maximum Gasteiger partial charge on any atom is 0.209 e. The van der Waals surface area contributed by atoms with E-state index in [9.17, 15) is 12.8 Å². The molecule has 0 radical (unpaired) electrons. The molecule has 23 heavy (non-hydrogen) atoms. The van der Waals surface area contributed by atoms with Crippen LogP contribution in [0.5, 0.6) is 0 Å². The summed E-state index contributed by atoms with van der Waals surface area (Å²) in [6.07, 6.45) is 1.06. The van der Waals surface area contributed by atoms with Crippen molar-refractivity contribution >= 4 is 33.2 Å². The predicted octanol–water partition coefficient (Wildman–Crippen LogP) is 3.98. The molecule has 1 N–H and O–H groups in total. The summed E-state index contributed by atoms with van der Waals surface area (Å²) in [5.41, 5.74) is 0.420. The Morgan fingerprint density at radius 2 is 1.74 bits per heavy atom. The van der Waals surface area contributed by atoms with Gasteiger partial charge in [0.15, 0.2) is 0 Å². The van der Waals surface area contributed by atoms with E-state index in [0.29, 0.717) is 16.8 Å². The van der Waals surface area contributed by atoms with E-state index in [-0.39, 0.29) is 16.0 Å². The number of hydrogen-bond donors (Lipinski definition) is 1. The predicted molar refractivity (Wildman–Crippen MR) is 90.7 cm³/mol. The van der Waals surface area contributed by atoms with E-state index in [0.717, 1.165) is 6.26 Å². The zero-order valence-corrected chi connectivity index (χ0v) is 15.0. The molecule has 0 spiro atoms. The summed E-state index contributed by atoms with van der Waals surface area (Å²) in [4.78, 5) is 4.18. The van der Waals surface area contributed by atoms with Gasteiger partial charge in [0, 0.05) is 5.56 Å². The molecule has 0 fully saturated rings. The van der Waals surface area contributed by atoms with Crippen molar-refractivity contribution in [1.82, 2.24) is 9.71 Å². The highest BCUT2D eigenvalue weighted by Gasteiger charge is 2.29. The van der Waals surface area contributed by atoms with Gasteiger partial charge in [0.1, 0.15) is 11.0 Å². The van der Waals surface area contributed by atoms with Gasteiger partial charge in [-0.1, -0.05) is 23.2 Å². The molecular weight excluding hydrogens is 362 g/mol. The normalized spacial score (nSPS) is 12.4. The van der Waals surface area contributed by atoms with Crippen molar-refractivity contribution in [3.8, 4) is 11.3 Å². The van der Waals surface area contributed by atoms with Crippen LogP contribution >= 0.6 is 23.2 Å². The molecule has 4 nitrogen and oxygen atoms in total. The molecule has 1 aromatic heterocycles. The van der Waals surface area contributed by atoms with E-state index < -0.39 is 15.6 Å². The van der Waals surface area contributed by atoms with Gasteiger partial charge in [-0.2, -0.15) is 0 Å². The zero-order chi connectivity index (χ0) is 17.4. The number of benzene rings is 1. The average molecular weight is 377 g/mol. The minimum absolute atomic E-state index is 0.159. The third-order valence-corrected chi connectivity index (χ3v) is 4.62. The third kappa shape index (κ3) is 4.41. The minimum atomic E-state index is -3.46. The smallest absolute Gasteiger partial charge is 0.209 e. The van der Waals surface area contributed by atoms with Gasteiger partial charge < -0.3 is 0 Å². The van der Waals surface area contributed by atoms with Gasteiger partial charge >= 0.3 is 0 Å². The Labute approximate surface area is 144 Å². The van der Waals surface area contributed by atoms with Crippen molar-refractivity contribution in [2.75, 3.05) is 6.26 Å². The summed E-state index contributed by atoms with van der Waals surface area (Å²) in [5.74, 6) is -0.383. The molecule has 8 heteroatoms. The van der Waals surface area contributed by atoms with Gasteiger partial charge in [-0.15, -0.1) is 0 Å². The van der Waals surface area contributed by atoms with Crippen LogP contribution in [0.4, 0.5) is 4.39 Å². The Hall–Kier alpha value is -1.21. The summed E-state index contributed by atoms with van der Waals surface area (Å²) in [6.45, 7) is 3.33. The van der Waals surface area contributed by atoms with Crippen LogP contribution in [-0.4, -0.2) is 19.7 Å². The summed E-state index contributed by atoms with van der Waals surface area (Å²) in [6, 6.07) is 7.14. The number of sulfonamides is 1. The molecule has 1 aromatic carbocycles. The van der Waals surface area contributed by atoms with Crippen LogP contribution in [0.1, 0.15) is 19.4 Å². The average Bonchev–Trinajstić information content (AvgIpc) is 2.39. The lowest BCUT2D eigenvalue weighted by atomic mass is 9.94. The first kappa shape index (κ1) is 18.1. The third-order valence-electron chi connectivity index (χ3n) is 3.16. The Morgan fingerprint density at radius 1 is 1.17 bits per heavy atom. The molecule has 0 atom stereocenters. The largest absolute Gasteiger partial charge is 0.235 e. The number of halogens is 3. The van der Waals surface area contributed by atoms with Gasteiger partial charge in [-0.3, -0.25) is 0 Å². The second kappa shape index (κ2) is 6.36. The highest BCUT2D eigenvalue weighted by molar-refractivity contribution is 7.88. The van der Waals surface area contributed by atoms with E-state index >= 15 is 0 Å². The van der Waals surface area contributed by atoms with Crippen LogP contribution in [0.15, 0.2) is 30.3 Å². The lowest BCUT2D eigenvalue weighted by molar-refractivity contribution is 0.475. The van der Waals surface area contributed by atoms with Crippen molar-refractivity contribution in [1.29, 1.82) is 0 Å². The molecule has 0 amide bonds. The minimum Gasteiger partial charge on any atom is -0.235 e. The number of rotatable bonds is 4. The quantitative estimate of drug-likeness (QED) is 0.820. The molecule has 0 bridgehead atoms. The standard InChI is InChI=1S/C15H15Cl2FN2O2S/c1-15(2,20-23(3,21)22)11-8-12(16)19-14(13(11)17)9-4-6-10(18)7-5-9/h4-8,20H,1-3H3. The van der Waals surface area contributed by atoms with Gasteiger partial charge in [-0.05, 0) is 49.7 Å². The first-order chi connectivity index (χ1) is 10.5. The fraction of sp³-hybridized carbons (Fsp3) is 0.267. The molecule has 124 valence electrons. The highest BCUT2D eigenvalue weighted by atomic mass is 35.5. The molecule has 0 saturated heterocycles. The number of hydrogen-bond acceptors (Lipinski definition) is 3. The number of nitrogens with zero attached hydrogens (tertiary/aromatic N) is 1. The summed E-state index contributed by atoms with van der Waals surface area (Å²) >= 11 is 12.5. The molecule has 0 unspecified atom stereocenters. The number of aromatic nitrogens is 1. The van der Waals surface area contributed by atoms with Crippen LogP contribution < -0.4 is 4.72 Å². The summed E-state index contributed by atoms with van der Waals surface area (Å²) in [5, 5.41) is 0.411. The van der Waals surface area contributed by atoms with Gasteiger partial charge in [0.05, 0.1) is 22.5 Å². The Morgan fingerprint density at radius 3 is 2.26 bits per heavy atom. The Bertz CT molecular complexity index is 837. The van der Waals surface area contributed by atoms with E-state index in [1.165, 1.54) is 30.3 Å². The zero-order valence-electron chi connectivity index (χ0n) is 12.7. The lowest BCUT2D eigenvalue weighted by Gasteiger charge is -2.27. The van der Waals surface area contributed by atoms with Gasteiger partial charge in [0.2, 0.25) is 10.0 Å². The van der Waals surface area contributed by atoms with Crippen LogP contribution in [0.25, 0.3) is 11.3 Å². The van der Waals surface area contributed by atoms with Crippen LogP contribution in [0.3, 0.4) is 0 Å². The molecule has 2 aromatic rings. The number of pyridine rings is 1. The Kier molecular flexibility index (Phi) is 5.01. The van der Waals surface area contributed by atoms with Gasteiger partial charge in [0.25, 0.3) is 0 Å². The maximum atomic E-state index is 13.1. The van der Waals surface area contributed by atoms with E-state index in [1.807, 2.05) is 0 Å². The molecule has 0 aliphatic heterocycles. The highest BCUT2D eigenvalue weighted by Crippen LogP contribution is 2.36. The molecule has 2 rings (SSSR count). The van der Waals surface area contributed by atoms with Crippen LogP contribution in [0.2, 0.25) is 10.2 Å². The van der Waals surface area contributed by atoms with E-state index in [2.05, 4.69) is 9.71 Å². The maximum absolute atomic E-state index is 13.1. The van der Waals surface area contributed by atoms with Gasteiger partial charge in [-0.25, -0.2) is 22.5 Å². The first-order valence-corrected chi connectivity index (χ1v) is 9.26. The molecular formula is C15H15Cl2FN2O2S. The van der Waals surface area contributed by atoms with Crippen LogP contribution in [0, 0.1) is 5.82 Å². The summed E-state index contributed by atoms with van der Waals surface area (Å²) < 4.78 is 38.7. The Balaban J connectivity index is 2.61. The molecule has 0 aliphatic rings. The SMILES string of the molecule is CC(C)(NS(C)(=O)=O)c1cc(Cl)nc(-c2ccc(F)cc2)c1Cl. The van der Waals surface area contributed by atoms with Crippen molar-refractivity contribution < 1.29 is 12.8 Å². The monoisotopic (exact) mass is 376 g/mol. The molecule has 0 saturated carbocycles. The lowest BCUT2D eigenvalue weighted by Crippen LogP contribution is -2.40. The fourth-order valence-electron chi connectivity index (χ4n) is 2.27. The van der Waals surface area contributed by atoms with Crippen molar-refractivity contribution in [3.63, 3.8) is 0 Å². The number of nitrogens with one attached hydrogen (secondary N) is 1. The second-order valence-corrected chi connectivity index (χ2v) is 8.17. The first-order valence-electron chi connectivity index (χ1n) is 6.61. The second-order valence-electron chi connectivity index (χ2n) is 5.66. The van der Waals surface area contributed by atoms with E-state index in [4.69, 9.17) is 23.2 Å². The van der Waals surface area contributed by atoms with Crippen LogP contribution in [-0.2, 0) is 15.6 Å². The fourth-order valence-corrected chi connectivity index (χ4v) is 3.94. The molecule has 1 heterocycles.